The number of aromatic amines is 1. The lowest BCUT2D eigenvalue weighted by molar-refractivity contribution is 0.415. The highest BCUT2D eigenvalue weighted by Gasteiger charge is 2.24. The van der Waals surface area contributed by atoms with Crippen molar-refractivity contribution in [2.75, 3.05) is 7.11 Å². The first-order valence-corrected chi connectivity index (χ1v) is 11.8. The van der Waals surface area contributed by atoms with Crippen molar-refractivity contribution in [1.29, 1.82) is 0 Å². The highest BCUT2D eigenvalue weighted by molar-refractivity contribution is 7.90. The van der Waals surface area contributed by atoms with Crippen LogP contribution in [0.1, 0.15) is 0 Å². The standard InChI is InChI=1S/C26H18N2O4S/c1-32-16-11-12-24-20(13-16)21-14-22-19(18-9-5-6-10-23(18)27-26(22)29)15-25(21)28(24)33(30,31)17-7-3-2-4-8-17/h2-15H,1H3,(H,27,29). The summed E-state index contributed by atoms with van der Waals surface area (Å²) in [5.74, 6) is 0.603. The molecule has 0 spiro atoms. The molecule has 6 nitrogen and oxygen atoms in total. The van der Waals surface area contributed by atoms with Gasteiger partial charge in [-0.25, -0.2) is 12.4 Å². The van der Waals surface area contributed by atoms with Gasteiger partial charge in [0.15, 0.2) is 0 Å². The Morgan fingerprint density at radius 3 is 2.24 bits per heavy atom. The third-order valence-electron chi connectivity index (χ3n) is 6.06. The van der Waals surface area contributed by atoms with Crippen molar-refractivity contribution in [3.8, 4) is 5.75 Å². The van der Waals surface area contributed by atoms with Gasteiger partial charge in [0.1, 0.15) is 5.75 Å². The molecule has 33 heavy (non-hydrogen) atoms. The topological polar surface area (TPSA) is 81.2 Å². The number of H-pyrrole nitrogens is 1. The average Bonchev–Trinajstić information content (AvgIpc) is 3.17. The van der Waals surface area contributed by atoms with Gasteiger partial charge in [-0.1, -0.05) is 36.4 Å². The molecular weight excluding hydrogens is 436 g/mol. The number of pyridine rings is 1. The minimum atomic E-state index is -3.91. The molecule has 4 aromatic carbocycles. The van der Waals surface area contributed by atoms with Gasteiger partial charge in [0, 0.05) is 27.1 Å². The Morgan fingerprint density at radius 2 is 1.45 bits per heavy atom. The number of ether oxygens (including phenoxy) is 1. The second kappa shape index (κ2) is 6.95. The van der Waals surface area contributed by atoms with Crippen molar-refractivity contribution in [3.05, 3.63) is 95.3 Å². The number of hydrogen-bond acceptors (Lipinski definition) is 4. The summed E-state index contributed by atoms with van der Waals surface area (Å²) in [6, 6.07) is 24.7. The lowest BCUT2D eigenvalue weighted by Gasteiger charge is -2.10. The normalized spacial score (nSPS) is 12.2. The number of methoxy groups -OCH3 is 1. The highest BCUT2D eigenvalue weighted by Crippen LogP contribution is 2.37. The van der Waals surface area contributed by atoms with E-state index in [1.165, 1.54) is 3.97 Å². The van der Waals surface area contributed by atoms with E-state index in [0.29, 0.717) is 43.8 Å². The molecule has 0 amide bonds. The molecule has 0 saturated heterocycles. The predicted octanol–water partition coefficient (Wildman–Crippen LogP) is 5.03. The Morgan fingerprint density at radius 1 is 0.727 bits per heavy atom. The van der Waals surface area contributed by atoms with Crippen LogP contribution >= 0.6 is 0 Å². The number of aromatic nitrogens is 2. The van der Waals surface area contributed by atoms with Crippen molar-refractivity contribution in [1.82, 2.24) is 8.96 Å². The number of para-hydroxylation sites is 1. The molecule has 6 rings (SSSR count). The van der Waals surface area contributed by atoms with Gasteiger partial charge in [0.05, 0.1) is 23.0 Å². The Labute approximate surface area is 188 Å². The van der Waals surface area contributed by atoms with Crippen LogP contribution in [-0.2, 0) is 10.0 Å². The lowest BCUT2D eigenvalue weighted by atomic mass is 10.0. The van der Waals surface area contributed by atoms with Crippen LogP contribution in [0.15, 0.2) is 94.6 Å². The maximum Gasteiger partial charge on any atom is 0.268 e. The molecular formula is C26H18N2O4S. The second-order valence-electron chi connectivity index (χ2n) is 7.88. The Hall–Kier alpha value is -4.10. The summed E-state index contributed by atoms with van der Waals surface area (Å²) in [4.78, 5) is 16.0. The van der Waals surface area contributed by atoms with E-state index in [2.05, 4.69) is 4.98 Å². The van der Waals surface area contributed by atoms with Gasteiger partial charge in [-0.05, 0) is 53.9 Å². The first kappa shape index (κ1) is 19.6. The fourth-order valence-electron chi connectivity index (χ4n) is 4.52. The zero-order valence-electron chi connectivity index (χ0n) is 17.6. The molecule has 0 saturated carbocycles. The SMILES string of the molecule is COc1ccc2c(c1)c1cc3c(=O)[nH]c4ccccc4c3cc1n2S(=O)(=O)c1ccccc1. The first-order valence-electron chi connectivity index (χ1n) is 10.4. The largest absolute Gasteiger partial charge is 0.497 e. The maximum atomic E-state index is 13.8. The zero-order valence-corrected chi connectivity index (χ0v) is 18.4. The summed E-state index contributed by atoms with van der Waals surface area (Å²) in [5, 5.41) is 3.40. The van der Waals surface area contributed by atoms with Gasteiger partial charge in [0.2, 0.25) is 0 Å². The fraction of sp³-hybridized carbons (Fsp3) is 0.0385. The van der Waals surface area contributed by atoms with E-state index in [1.54, 1.807) is 67.8 Å². The van der Waals surface area contributed by atoms with Gasteiger partial charge in [-0.2, -0.15) is 0 Å². The van der Waals surface area contributed by atoms with E-state index in [-0.39, 0.29) is 10.5 Å². The van der Waals surface area contributed by atoms with Crippen LogP contribution in [0.3, 0.4) is 0 Å². The van der Waals surface area contributed by atoms with Crippen LogP contribution in [0.25, 0.3) is 43.5 Å². The molecule has 0 aliphatic heterocycles. The minimum Gasteiger partial charge on any atom is -0.497 e. The summed E-state index contributed by atoms with van der Waals surface area (Å²) >= 11 is 0. The van der Waals surface area contributed by atoms with Gasteiger partial charge in [-0.3, -0.25) is 4.79 Å². The number of nitrogens with one attached hydrogen (secondary N) is 1. The van der Waals surface area contributed by atoms with Crippen LogP contribution in [0.2, 0.25) is 0 Å². The van der Waals surface area contributed by atoms with Crippen LogP contribution in [0.5, 0.6) is 5.75 Å². The molecule has 0 unspecified atom stereocenters. The first-order chi connectivity index (χ1) is 16.0. The molecule has 0 atom stereocenters. The van der Waals surface area contributed by atoms with Crippen LogP contribution in [0, 0.1) is 0 Å². The Bertz CT molecular complexity index is 1890. The molecule has 0 radical (unpaired) electrons. The summed E-state index contributed by atoms with van der Waals surface area (Å²) in [7, 11) is -2.35. The molecule has 0 aliphatic carbocycles. The van der Waals surface area contributed by atoms with Crippen molar-refractivity contribution in [2.24, 2.45) is 0 Å². The number of nitrogens with zero attached hydrogens (tertiary/aromatic N) is 1. The van der Waals surface area contributed by atoms with E-state index in [0.717, 1.165) is 5.39 Å². The molecule has 2 heterocycles. The molecule has 7 heteroatoms. The van der Waals surface area contributed by atoms with Crippen LogP contribution in [0.4, 0.5) is 0 Å². The molecule has 6 aromatic rings. The Kier molecular flexibility index (Phi) is 4.12. The van der Waals surface area contributed by atoms with E-state index in [1.807, 2.05) is 24.3 Å². The van der Waals surface area contributed by atoms with Crippen molar-refractivity contribution >= 4 is 53.5 Å². The van der Waals surface area contributed by atoms with E-state index < -0.39 is 10.0 Å². The molecule has 2 aromatic heterocycles. The third-order valence-corrected chi connectivity index (χ3v) is 7.80. The summed E-state index contributed by atoms with van der Waals surface area (Å²) < 4.78 is 34.4. The third kappa shape index (κ3) is 2.79. The van der Waals surface area contributed by atoms with E-state index >= 15 is 0 Å². The van der Waals surface area contributed by atoms with Crippen molar-refractivity contribution in [3.63, 3.8) is 0 Å². The second-order valence-corrected chi connectivity index (χ2v) is 9.67. The minimum absolute atomic E-state index is 0.190. The van der Waals surface area contributed by atoms with Crippen LogP contribution in [-0.4, -0.2) is 24.5 Å². The number of benzene rings is 4. The number of fused-ring (bicyclic) bond motifs is 6. The van der Waals surface area contributed by atoms with E-state index in [9.17, 15) is 13.2 Å². The molecule has 0 bridgehead atoms. The maximum absolute atomic E-state index is 13.8. The van der Waals surface area contributed by atoms with Crippen molar-refractivity contribution in [2.45, 2.75) is 4.90 Å². The fourth-order valence-corrected chi connectivity index (χ4v) is 6.06. The molecule has 1 N–H and O–H groups in total. The smallest absolute Gasteiger partial charge is 0.268 e. The number of rotatable bonds is 3. The Balaban J connectivity index is 1.86. The van der Waals surface area contributed by atoms with Gasteiger partial charge >= 0.3 is 0 Å². The molecule has 162 valence electrons. The predicted molar refractivity (Wildman–Crippen MR) is 131 cm³/mol. The van der Waals surface area contributed by atoms with Crippen LogP contribution < -0.4 is 10.3 Å². The average molecular weight is 455 g/mol. The number of hydrogen-bond donors (Lipinski definition) is 1. The van der Waals surface area contributed by atoms with Gasteiger partial charge in [-0.15, -0.1) is 0 Å². The van der Waals surface area contributed by atoms with Gasteiger partial charge in [0.25, 0.3) is 15.6 Å². The quantitative estimate of drug-likeness (QED) is 0.380. The van der Waals surface area contributed by atoms with E-state index in [4.69, 9.17) is 4.74 Å². The van der Waals surface area contributed by atoms with Gasteiger partial charge < -0.3 is 9.72 Å². The monoisotopic (exact) mass is 454 g/mol. The van der Waals surface area contributed by atoms with Crippen molar-refractivity contribution < 1.29 is 13.2 Å². The summed E-state index contributed by atoms with van der Waals surface area (Å²) in [5.41, 5.74) is 1.50. The lowest BCUT2D eigenvalue weighted by Crippen LogP contribution is -2.13. The molecule has 0 aliphatic rings. The molecule has 0 fully saturated rings. The summed E-state index contributed by atoms with van der Waals surface area (Å²) in [6.45, 7) is 0. The highest BCUT2D eigenvalue weighted by atomic mass is 32.2. The summed E-state index contributed by atoms with van der Waals surface area (Å²) in [6.07, 6.45) is 0. The zero-order chi connectivity index (χ0) is 22.7.